The molecular weight excluding hydrogens is 396 g/mol. The van der Waals surface area contributed by atoms with Gasteiger partial charge in [0.05, 0.1) is 16.4 Å². The van der Waals surface area contributed by atoms with Crippen LogP contribution in [-0.4, -0.2) is 9.97 Å². The number of aromatic amines is 1. The monoisotopic (exact) mass is 414 g/mol. The number of aryl methyl sites for hydroxylation is 1. The third-order valence-electron chi connectivity index (χ3n) is 5.02. The zero-order chi connectivity index (χ0) is 20.5. The first-order chi connectivity index (χ1) is 14.7. The number of halogens is 1. The predicted octanol–water partition coefficient (Wildman–Crippen LogP) is 6.12. The highest BCUT2D eigenvalue weighted by Crippen LogP contribution is 2.24. The first kappa shape index (κ1) is 18.5. The van der Waals surface area contributed by atoms with Gasteiger partial charge in [-0.2, -0.15) is 5.10 Å². The smallest absolute Gasteiger partial charge is 0.222 e. The van der Waals surface area contributed by atoms with Gasteiger partial charge in [0.15, 0.2) is 0 Å². The third-order valence-corrected chi connectivity index (χ3v) is 5.27. The SMILES string of the molecule is CCc1ccc2oc(-c3ccc(Cl)cc3)c/c(=N\Nc3nc4ccccc4[nH]3)c2c1. The number of aromatic nitrogens is 2. The van der Waals surface area contributed by atoms with E-state index in [9.17, 15) is 0 Å². The summed E-state index contributed by atoms with van der Waals surface area (Å²) in [6, 6.07) is 23.6. The van der Waals surface area contributed by atoms with Crippen molar-refractivity contribution in [3.8, 4) is 11.3 Å². The molecule has 0 amide bonds. The molecule has 5 nitrogen and oxygen atoms in total. The minimum Gasteiger partial charge on any atom is -0.456 e. The van der Waals surface area contributed by atoms with E-state index < -0.39 is 0 Å². The number of fused-ring (bicyclic) bond motifs is 2. The van der Waals surface area contributed by atoms with E-state index in [1.807, 2.05) is 60.7 Å². The molecule has 0 aliphatic heterocycles. The Morgan fingerprint density at radius 3 is 2.67 bits per heavy atom. The molecule has 2 N–H and O–H groups in total. The summed E-state index contributed by atoms with van der Waals surface area (Å²) in [5.74, 6) is 1.30. The summed E-state index contributed by atoms with van der Waals surface area (Å²) in [6.07, 6.45) is 0.936. The van der Waals surface area contributed by atoms with Gasteiger partial charge >= 0.3 is 0 Å². The number of imidazole rings is 1. The fourth-order valence-electron chi connectivity index (χ4n) is 3.40. The van der Waals surface area contributed by atoms with Crippen molar-refractivity contribution in [1.82, 2.24) is 9.97 Å². The lowest BCUT2D eigenvalue weighted by Crippen LogP contribution is -2.08. The van der Waals surface area contributed by atoms with Crippen molar-refractivity contribution in [3.63, 3.8) is 0 Å². The molecule has 148 valence electrons. The van der Waals surface area contributed by atoms with Gasteiger partial charge in [-0.15, -0.1) is 0 Å². The quantitative estimate of drug-likeness (QED) is 0.348. The standard InChI is InChI=1S/C24H19ClN4O/c1-2-15-7-12-22-18(13-15)21(14-23(30-22)16-8-10-17(25)11-9-16)28-29-24-26-19-5-3-4-6-20(19)27-24/h3-14H,2H2,1H3,(H2,26,27,29)/b28-21+. The molecule has 0 radical (unpaired) electrons. The van der Waals surface area contributed by atoms with Crippen LogP contribution in [0.25, 0.3) is 33.3 Å². The zero-order valence-corrected chi connectivity index (χ0v) is 17.1. The fraction of sp³-hybridized carbons (Fsp3) is 0.0833. The largest absolute Gasteiger partial charge is 0.456 e. The van der Waals surface area contributed by atoms with Gasteiger partial charge < -0.3 is 9.40 Å². The maximum atomic E-state index is 6.17. The molecular formula is C24H19ClN4O. The summed E-state index contributed by atoms with van der Waals surface area (Å²) in [5.41, 5.74) is 7.83. The number of hydrogen-bond donors (Lipinski definition) is 2. The van der Waals surface area contributed by atoms with Gasteiger partial charge in [0.25, 0.3) is 0 Å². The molecule has 0 saturated carbocycles. The van der Waals surface area contributed by atoms with Crippen molar-refractivity contribution in [3.05, 3.63) is 88.7 Å². The second-order valence-corrected chi connectivity index (χ2v) is 7.45. The van der Waals surface area contributed by atoms with Gasteiger partial charge in [0.1, 0.15) is 11.3 Å². The Morgan fingerprint density at radius 1 is 1.03 bits per heavy atom. The Labute approximate surface area is 178 Å². The number of H-pyrrole nitrogens is 1. The van der Waals surface area contributed by atoms with Crippen LogP contribution in [0.3, 0.4) is 0 Å². The molecule has 2 heterocycles. The van der Waals surface area contributed by atoms with Crippen LogP contribution < -0.4 is 10.8 Å². The predicted molar refractivity (Wildman–Crippen MR) is 121 cm³/mol. The summed E-state index contributed by atoms with van der Waals surface area (Å²) in [4.78, 5) is 7.77. The first-order valence-corrected chi connectivity index (χ1v) is 10.1. The average molecular weight is 415 g/mol. The number of nitrogens with one attached hydrogen (secondary N) is 2. The molecule has 0 bridgehead atoms. The van der Waals surface area contributed by atoms with Gasteiger partial charge in [-0.3, -0.25) is 0 Å². The van der Waals surface area contributed by atoms with Crippen LogP contribution in [0, 0.1) is 0 Å². The Morgan fingerprint density at radius 2 is 1.87 bits per heavy atom. The van der Waals surface area contributed by atoms with Crippen LogP contribution in [0.5, 0.6) is 0 Å². The topological polar surface area (TPSA) is 66.2 Å². The number of para-hydroxylation sites is 2. The highest BCUT2D eigenvalue weighted by molar-refractivity contribution is 6.30. The molecule has 6 heteroatoms. The van der Waals surface area contributed by atoms with E-state index >= 15 is 0 Å². The summed E-state index contributed by atoms with van der Waals surface area (Å²) >= 11 is 6.04. The molecule has 5 rings (SSSR count). The van der Waals surface area contributed by atoms with E-state index in [4.69, 9.17) is 16.0 Å². The van der Waals surface area contributed by atoms with Gasteiger partial charge in [-0.1, -0.05) is 36.7 Å². The number of nitrogens with zero attached hydrogens (tertiary/aromatic N) is 2. The molecule has 0 atom stereocenters. The van der Waals surface area contributed by atoms with Crippen LogP contribution in [0.4, 0.5) is 5.95 Å². The molecule has 0 aliphatic rings. The Hall–Kier alpha value is -3.57. The molecule has 5 aromatic rings. The lowest BCUT2D eigenvalue weighted by atomic mass is 10.1. The number of benzene rings is 3. The molecule has 0 spiro atoms. The summed E-state index contributed by atoms with van der Waals surface area (Å²) in [5, 5.41) is 7.05. The van der Waals surface area contributed by atoms with E-state index in [2.05, 4.69) is 39.6 Å². The molecule has 2 aromatic heterocycles. The van der Waals surface area contributed by atoms with Gasteiger partial charge in [0, 0.05) is 22.0 Å². The third kappa shape index (κ3) is 3.55. The van der Waals surface area contributed by atoms with Gasteiger partial charge in [-0.25, -0.2) is 10.4 Å². The van der Waals surface area contributed by atoms with Gasteiger partial charge in [-0.05, 0) is 60.5 Å². The van der Waals surface area contributed by atoms with E-state index in [0.29, 0.717) is 16.7 Å². The van der Waals surface area contributed by atoms with Crippen LogP contribution >= 0.6 is 11.6 Å². The summed E-state index contributed by atoms with van der Waals surface area (Å²) in [6.45, 7) is 2.13. The highest BCUT2D eigenvalue weighted by Gasteiger charge is 2.08. The average Bonchev–Trinajstić information content (AvgIpc) is 3.20. The van der Waals surface area contributed by atoms with Crippen molar-refractivity contribution in [2.75, 3.05) is 5.43 Å². The second-order valence-electron chi connectivity index (χ2n) is 7.01. The van der Waals surface area contributed by atoms with Crippen LogP contribution in [0.2, 0.25) is 5.02 Å². The van der Waals surface area contributed by atoms with E-state index in [-0.39, 0.29) is 0 Å². The van der Waals surface area contributed by atoms with Crippen LogP contribution in [-0.2, 0) is 6.42 Å². The fourth-order valence-corrected chi connectivity index (χ4v) is 3.53. The number of rotatable bonds is 4. The first-order valence-electron chi connectivity index (χ1n) is 9.77. The van der Waals surface area contributed by atoms with Crippen LogP contribution in [0.1, 0.15) is 12.5 Å². The van der Waals surface area contributed by atoms with E-state index in [1.54, 1.807) is 0 Å². The molecule has 0 fully saturated rings. The molecule has 0 aliphatic carbocycles. The molecule has 0 unspecified atom stereocenters. The molecule has 3 aromatic carbocycles. The number of anilines is 1. The Kier molecular flexibility index (Phi) is 4.73. The van der Waals surface area contributed by atoms with Crippen molar-refractivity contribution in [2.24, 2.45) is 5.10 Å². The van der Waals surface area contributed by atoms with Crippen LogP contribution in [0.15, 0.2) is 82.3 Å². The summed E-state index contributed by atoms with van der Waals surface area (Å²) in [7, 11) is 0. The van der Waals surface area contributed by atoms with E-state index in [1.165, 1.54) is 5.56 Å². The van der Waals surface area contributed by atoms with Gasteiger partial charge in [0.2, 0.25) is 5.95 Å². The lowest BCUT2D eigenvalue weighted by molar-refractivity contribution is 0.618. The normalized spacial score (nSPS) is 12.0. The van der Waals surface area contributed by atoms with Crippen molar-refractivity contribution in [2.45, 2.75) is 13.3 Å². The number of hydrogen-bond acceptors (Lipinski definition) is 4. The van der Waals surface area contributed by atoms with Crippen molar-refractivity contribution in [1.29, 1.82) is 0 Å². The Bertz CT molecular complexity index is 1380. The molecule has 0 saturated heterocycles. The minimum atomic E-state index is 0.588. The maximum Gasteiger partial charge on any atom is 0.222 e. The second kappa shape index (κ2) is 7.69. The maximum absolute atomic E-state index is 6.17. The van der Waals surface area contributed by atoms with Crippen molar-refractivity contribution >= 4 is 39.6 Å². The highest BCUT2D eigenvalue weighted by atomic mass is 35.5. The summed E-state index contributed by atoms with van der Waals surface area (Å²) < 4.78 is 6.17. The Balaban J connectivity index is 1.65. The zero-order valence-electron chi connectivity index (χ0n) is 16.3. The molecule has 30 heavy (non-hydrogen) atoms. The lowest BCUT2D eigenvalue weighted by Gasteiger charge is -2.07. The minimum absolute atomic E-state index is 0.588. The van der Waals surface area contributed by atoms with E-state index in [0.717, 1.165) is 39.3 Å². The van der Waals surface area contributed by atoms with Crippen molar-refractivity contribution < 1.29 is 4.42 Å².